The lowest BCUT2D eigenvalue weighted by Crippen LogP contribution is -2.40. The van der Waals surface area contributed by atoms with Crippen molar-refractivity contribution < 1.29 is 4.79 Å². The highest BCUT2D eigenvalue weighted by atomic mass is 16.1. The van der Waals surface area contributed by atoms with E-state index in [0.29, 0.717) is 18.0 Å². The fourth-order valence-corrected chi connectivity index (χ4v) is 5.37. The molecule has 2 atom stereocenters. The highest BCUT2D eigenvalue weighted by molar-refractivity contribution is 6.25. The molecule has 1 N–H and O–H groups in total. The number of hydrogen-bond donors (Lipinski definition) is 1. The maximum Gasteiger partial charge on any atom is 0.165 e. The third kappa shape index (κ3) is 3.35. The molecule has 2 saturated heterocycles. The van der Waals surface area contributed by atoms with Crippen molar-refractivity contribution in [3.05, 3.63) is 59.3 Å². The van der Waals surface area contributed by atoms with E-state index in [9.17, 15) is 4.79 Å². The minimum absolute atomic E-state index is 0.155. The first kappa shape index (κ1) is 18.8. The first-order valence-electron chi connectivity index (χ1n) is 11.3. The number of carbonyl (C=O) groups is 1. The van der Waals surface area contributed by atoms with Crippen LogP contribution < -0.4 is 10.2 Å². The molecule has 158 valence electrons. The number of rotatable bonds is 2. The number of ketones is 1. The molecular formula is C25H27N5O. The Morgan fingerprint density at radius 3 is 3.00 bits per heavy atom. The van der Waals surface area contributed by atoms with Crippen molar-refractivity contribution in [2.45, 2.75) is 38.6 Å². The van der Waals surface area contributed by atoms with Crippen molar-refractivity contribution in [2.24, 2.45) is 5.92 Å². The summed E-state index contributed by atoms with van der Waals surface area (Å²) in [5.74, 6) is 0.913. The monoisotopic (exact) mass is 413 g/mol. The Morgan fingerprint density at radius 1 is 1.16 bits per heavy atom. The molecule has 0 unspecified atom stereocenters. The Morgan fingerprint density at radius 2 is 2.10 bits per heavy atom. The van der Waals surface area contributed by atoms with E-state index in [1.165, 1.54) is 24.1 Å². The SMILES string of the molecule is Cc1cn2cc(C3=Cc4ccc(N5C[C@H]6CCCN[C@H]6C5)cc4CCC3=O)nc2cn1. The number of nitrogens with one attached hydrogen (secondary N) is 1. The number of benzene rings is 1. The van der Waals surface area contributed by atoms with E-state index in [4.69, 9.17) is 0 Å². The van der Waals surface area contributed by atoms with Gasteiger partial charge in [0.05, 0.1) is 17.6 Å². The first-order chi connectivity index (χ1) is 15.1. The predicted molar refractivity (Wildman–Crippen MR) is 122 cm³/mol. The molecule has 6 nitrogen and oxygen atoms in total. The molecule has 1 aromatic carbocycles. The smallest absolute Gasteiger partial charge is 0.165 e. The van der Waals surface area contributed by atoms with Gasteiger partial charge in [-0.05, 0) is 68.0 Å². The summed E-state index contributed by atoms with van der Waals surface area (Å²) in [5.41, 5.74) is 6.78. The normalized spacial score (nSPS) is 23.5. The Bertz CT molecular complexity index is 1200. The summed E-state index contributed by atoms with van der Waals surface area (Å²) in [6.07, 6.45) is 11.6. The highest BCUT2D eigenvalue weighted by Crippen LogP contribution is 2.33. The quantitative estimate of drug-likeness (QED) is 0.699. The van der Waals surface area contributed by atoms with Crippen LogP contribution in [0.3, 0.4) is 0 Å². The Kier molecular flexibility index (Phi) is 4.42. The largest absolute Gasteiger partial charge is 0.370 e. The van der Waals surface area contributed by atoms with Crippen LogP contribution in [-0.4, -0.2) is 45.8 Å². The number of hydrogen-bond acceptors (Lipinski definition) is 5. The molecule has 0 saturated carbocycles. The number of aromatic nitrogens is 3. The molecule has 0 radical (unpaired) electrons. The number of Topliss-reactive ketones (excluding diaryl/α,β-unsaturated/α-hetero) is 1. The molecule has 0 bridgehead atoms. The van der Waals surface area contributed by atoms with Crippen molar-refractivity contribution in [2.75, 3.05) is 24.5 Å². The van der Waals surface area contributed by atoms with Crippen LogP contribution >= 0.6 is 0 Å². The molecule has 6 heteroatoms. The second-order valence-corrected chi connectivity index (χ2v) is 9.15. The average molecular weight is 414 g/mol. The fourth-order valence-electron chi connectivity index (χ4n) is 5.37. The van der Waals surface area contributed by atoms with Crippen LogP contribution in [0.4, 0.5) is 5.69 Å². The molecular weight excluding hydrogens is 386 g/mol. The molecule has 2 aliphatic heterocycles. The van der Waals surface area contributed by atoms with Crippen molar-refractivity contribution in [3.63, 3.8) is 0 Å². The van der Waals surface area contributed by atoms with Crippen LogP contribution in [0, 0.1) is 12.8 Å². The molecule has 1 aliphatic carbocycles. The fraction of sp³-hybridized carbons (Fsp3) is 0.400. The zero-order valence-corrected chi connectivity index (χ0v) is 17.8. The minimum atomic E-state index is 0.155. The van der Waals surface area contributed by atoms with Crippen LogP contribution in [0.5, 0.6) is 0 Å². The van der Waals surface area contributed by atoms with Crippen LogP contribution in [0.2, 0.25) is 0 Å². The minimum Gasteiger partial charge on any atom is -0.370 e. The summed E-state index contributed by atoms with van der Waals surface area (Å²) >= 11 is 0. The number of carbonyl (C=O) groups excluding carboxylic acids is 1. The van der Waals surface area contributed by atoms with Gasteiger partial charge in [0.2, 0.25) is 0 Å². The van der Waals surface area contributed by atoms with E-state index >= 15 is 0 Å². The van der Waals surface area contributed by atoms with Gasteiger partial charge in [-0.25, -0.2) is 4.98 Å². The van der Waals surface area contributed by atoms with Gasteiger partial charge in [0.1, 0.15) is 0 Å². The summed E-state index contributed by atoms with van der Waals surface area (Å²) in [7, 11) is 0. The maximum absolute atomic E-state index is 13.0. The maximum atomic E-state index is 13.0. The van der Waals surface area contributed by atoms with Gasteiger partial charge < -0.3 is 14.6 Å². The van der Waals surface area contributed by atoms with Gasteiger partial charge in [0.15, 0.2) is 11.4 Å². The van der Waals surface area contributed by atoms with Crippen molar-refractivity contribution >= 4 is 28.8 Å². The van der Waals surface area contributed by atoms with Crippen molar-refractivity contribution in [3.8, 4) is 0 Å². The lowest BCUT2D eigenvalue weighted by Gasteiger charge is -2.24. The van der Waals surface area contributed by atoms with E-state index in [2.05, 4.69) is 38.4 Å². The molecule has 3 aromatic rings. The summed E-state index contributed by atoms with van der Waals surface area (Å²) < 4.78 is 1.95. The third-order valence-electron chi connectivity index (χ3n) is 7.06. The van der Waals surface area contributed by atoms with Gasteiger partial charge in [0.25, 0.3) is 0 Å². The number of allylic oxidation sites excluding steroid dienone is 1. The third-order valence-corrected chi connectivity index (χ3v) is 7.06. The molecule has 0 spiro atoms. The average Bonchev–Trinajstić information content (AvgIpc) is 3.35. The number of piperidine rings is 1. The number of anilines is 1. The molecule has 3 aliphatic rings. The van der Waals surface area contributed by atoms with Gasteiger partial charge >= 0.3 is 0 Å². The van der Waals surface area contributed by atoms with Gasteiger partial charge in [-0.3, -0.25) is 9.78 Å². The highest BCUT2D eigenvalue weighted by Gasteiger charge is 2.34. The van der Waals surface area contributed by atoms with Crippen molar-refractivity contribution in [1.29, 1.82) is 0 Å². The number of aryl methyl sites for hydroxylation is 2. The zero-order chi connectivity index (χ0) is 20.9. The molecule has 2 fully saturated rings. The van der Waals surface area contributed by atoms with Crippen LogP contribution in [0.15, 0.2) is 36.8 Å². The molecule has 31 heavy (non-hydrogen) atoms. The van der Waals surface area contributed by atoms with Crippen LogP contribution in [0.25, 0.3) is 17.3 Å². The summed E-state index contributed by atoms with van der Waals surface area (Å²) in [5, 5.41) is 3.69. The topological polar surface area (TPSA) is 62.5 Å². The Balaban J connectivity index is 1.33. The Labute approximate surface area is 182 Å². The second-order valence-electron chi connectivity index (χ2n) is 9.15. The zero-order valence-electron chi connectivity index (χ0n) is 17.8. The van der Waals surface area contributed by atoms with Crippen molar-refractivity contribution in [1.82, 2.24) is 19.7 Å². The van der Waals surface area contributed by atoms with Crippen LogP contribution in [0.1, 0.15) is 41.8 Å². The predicted octanol–water partition coefficient (Wildman–Crippen LogP) is 3.28. The second kappa shape index (κ2) is 7.31. The van der Waals surface area contributed by atoms with Crippen LogP contribution in [-0.2, 0) is 11.2 Å². The van der Waals surface area contributed by atoms with Gasteiger partial charge in [-0.1, -0.05) is 6.07 Å². The summed E-state index contributed by atoms with van der Waals surface area (Å²) in [4.78, 5) is 24.5. The molecule has 4 heterocycles. The summed E-state index contributed by atoms with van der Waals surface area (Å²) in [6, 6.07) is 7.32. The standard InChI is InChI=1S/C25H27N5O/c1-16-12-30-15-23(28-25(30)11-27-16)21-10-18-4-6-20(9-17(18)5-7-24(21)31)29-13-19-3-2-8-26-22(19)14-29/h4,6,9-12,15,19,22,26H,2-3,5,7-8,13-14H2,1H3/t19-,22+/m1/s1. The van der Waals surface area contributed by atoms with Gasteiger partial charge in [0, 0.05) is 49.2 Å². The summed E-state index contributed by atoms with van der Waals surface area (Å²) in [6.45, 7) is 5.31. The number of fused-ring (bicyclic) bond motifs is 3. The van der Waals surface area contributed by atoms with Gasteiger partial charge in [-0.15, -0.1) is 0 Å². The van der Waals surface area contributed by atoms with E-state index in [-0.39, 0.29) is 5.78 Å². The lowest BCUT2D eigenvalue weighted by molar-refractivity contribution is -0.113. The van der Waals surface area contributed by atoms with E-state index in [1.54, 1.807) is 6.20 Å². The van der Waals surface area contributed by atoms with E-state index in [0.717, 1.165) is 54.6 Å². The Hall–Kier alpha value is -2.99. The number of nitrogens with zero attached hydrogens (tertiary/aromatic N) is 4. The van der Waals surface area contributed by atoms with E-state index < -0.39 is 0 Å². The first-order valence-corrected chi connectivity index (χ1v) is 11.3. The number of imidazole rings is 1. The van der Waals surface area contributed by atoms with E-state index in [1.807, 2.05) is 29.8 Å². The lowest BCUT2D eigenvalue weighted by atomic mass is 9.94. The molecule has 2 aromatic heterocycles. The van der Waals surface area contributed by atoms with Gasteiger partial charge in [-0.2, -0.15) is 0 Å². The molecule has 6 rings (SSSR count). The molecule has 0 amide bonds.